The van der Waals surface area contributed by atoms with Crippen LogP contribution in [0.4, 0.5) is 5.82 Å². The molecule has 0 saturated carbocycles. The quantitative estimate of drug-likeness (QED) is 0.860. The van der Waals surface area contributed by atoms with Gasteiger partial charge in [0.05, 0.1) is 0 Å². The molecule has 1 heterocycles. The molecule has 21 heavy (non-hydrogen) atoms. The van der Waals surface area contributed by atoms with Gasteiger partial charge in [0, 0.05) is 16.8 Å². The van der Waals surface area contributed by atoms with Crippen molar-refractivity contribution in [1.82, 2.24) is 10.2 Å². The van der Waals surface area contributed by atoms with Gasteiger partial charge in [-0.05, 0) is 37.1 Å². The number of ether oxygens (including phenoxy) is 1. The van der Waals surface area contributed by atoms with Gasteiger partial charge in [0.1, 0.15) is 5.75 Å². The zero-order chi connectivity index (χ0) is 15.2. The first-order valence-corrected chi connectivity index (χ1v) is 7.19. The minimum atomic E-state index is -0.251. The molecule has 1 amide bonds. The van der Waals surface area contributed by atoms with Crippen molar-refractivity contribution in [3.8, 4) is 5.75 Å². The van der Waals surface area contributed by atoms with E-state index in [0.717, 1.165) is 24.1 Å². The predicted molar refractivity (Wildman–Crippen MR) is 82.9 cm³/mol. The number of halogens is 1. The molecule has 0 aliphatic heterocycles. The number of anilines is 1. The average molecular weight is 308 g/mol. The maximum atomic E-state index is 11.8. The van der Waals surface area contributed by atoms with Crippen molar-refractivity contribution >= 4 is 23.3 Å². The number of hydrogen-bond acceptors (Lipinski definition) is 3. The largest absolute Gasteiger partial charge is 0.483 e. The molecule has 2 rings (SSSR count). The van der Waals surface area contributed by atoms with Crippen molar-refractivity contribution in [2.24, 2.45) is 0 Å². The van der Waals surface area contributed by atoms with Gasteiger partial charge in [-0.15, -0.1) is 0 Å². The molecule has 0 radical (unpaired) electrons. The Labute approximate surface area is 128 Å². The summed E-state index contributed by atoms with van der Waals surface area (Å²) in [4.78, 5) is 11.8. The highest BCUT2D eigenvalue weighted by molar-refractivity contribution is 6.30. The minimum Gasteiger partial charge on any atom is -0.483 e. The summed E-state index contributed by atoms with van der Waals surface area (Å²) >= 11 is 5.87. The van der Waals surface area contributed by atoms with Crippen LogP contribution in [0.1, 0.15) is 24.6 Å². The second-order valence-electron chi connectivity index (χ2n) is 4.78. The van der Waals surface area contributed by atoms with E-state index in [2.05, 4.69) is 22.4 Å². The van der Waals surface area contributed by atoms with Crippen LogP contribution in [0.5, 0.6) is 5.75 Å². The molecule has 0 unspecified atom stereocenters. The van der Waals surface area contributed by atoms with Crippen molar-refractivity contribution < 1.29 is 9.53 Å². The number of rotatable bonds is 6. The maximum Gasteiger partial charge on any atom is 0.263 e. The molecule has 0 aliphatic rings. The Balaban J connectivity index is 1.86. The summed E-state index contributed by atoms with van der Waals surface area (Å²) in [6.07, 6.45) is 1.93. The van der Waals surface area contributed by atoms with Gasteiger partial charge >= 0.3 is 0 Å². The van der Waals surface area contributed by atoms with Crippen LogP contribution in [0.2, 0.25) is 5.02 Å². The number of H-pyrrole nitrogens is 1. The lowest BCUT2D eigenvalue weighted by molar-refractivity contribution is -0.118. The summed E-state index contributed by atoms with van der Waals surface area (Å²) in [5.74, 6) is 0.905. The highest BCUT2D eigenvalue weighted by Crippen LogP contribution is 2.21. The van der Waals surface area contributed by atoms with Crippen LogP contribution in [-0.4, -0.2) is 22.7 Å². The highest BCUT2D eigenvalue weighted by atomic mass is 35.5. The number of carbonyl (C=O) groups is 1. The molecule has 1 aromatic heterocycles. The van der Waals surface area contributed by atoms with E-state index in [0.29, 0.717) is 16.6 Å². The molecular formula is C15H18ClN3O2. The summed E-state index contributed by atoms with van der Waals surface area (Å²) in [6.45, 7) is 3.89. The van der Waals surface area contributed by atoms with E-state index in [1.165, 1.54) is 0 Å². The van der Waals surface area contributed by atoms with Crippen molar-refractivity contribution in [3.05, 3.63) is 40.5 Å². The molecule has 0 saturated heterocycles. The van der Waals surface area contributed by atoms with E-state index in [4.69, 9.17) is 16.3 Å². The van der Waals surface area contributed by atoms with Gasteiger partial charge in [-0.2, -0.15) is 5.10 Å². The van der Waals surface area contributed by atoms with Crippen molar-refractivity contribution in [2.45, 2.75) is 26.7 Å². The molecule has 0 spiro atoms. The number of nitrogens with one attached hydrogen (secondary N) is 2. The number of carbonyl (C=O) groups excluding carboxylic acids is 1. The number of benzene rings is 1. The number of aryl methyl sites for hydroxylation is 2. The van der Waals surface area contributed by atoms with Crippen molar-refractivity contribution in [1.29, 1.82) is 0 Å². The third kappa shape index (κ3) is 4.49. The first-order valence-electron chi connectivity index (χ1n) is 6.81. The Morgan fingerprint density at radius 1 is 1.43 bits per heavy atom. The van der Waals surface area contributed by atoms with Gasteiger partial charge in [-0.3, -0.25) is 9.89 Å². The Bertz CT molecular complexity index is 625. The summed E-state index contributed by atoms with van der Waals surface area (Å²) in [6, 6.07) is 7.10. The fourth-order valence-corrected chi connectivity index (χ4v) is 2.15. The fraction of sp³-hybridized carbons (Fsp3) is 0.333. The van der Waals surface area contributed by atoms with Crippen molar-refractivity contribution in [3.63, 3.8) is 0 Å². The number of nitrogens with zero attached hydrogens (tertiary/aromatic N) is 1. The minimum absolute atomic E-state index is 0.0710. The van der Waals surface area contributed by atoms with Crippen LogP contribution in [0.15, 0.2) is 24.3 Å². The van der Waals surface area contributed by atoms with Crippen molar-refractivity contribution in [2.75, 3.05) is 11.9 Å². The molecule has 0 bridgehead atoms. The van der Waals surface area contributed by atoms with Gasteiger partial charge in [0.2, 0.25) is 0 Å². The first-order chi connectivity index (χ1) is 10.1. The number of aromatic amines is 1. The lowest BCUT2D eigenvalue weighted by Crippen LogP contribution is -2.20. The van der Waals surface area contributed by atoms with E-state index in [9.17, 15) is 4.79 Å². The van der Waals surface area contributed by atoms with Gasteiger partial charge in [-0.25, -0.2) is 0 Å². The zero-order valence-corrected chi connectivity index (χ0v) is 12.8. The third-order valence-electron chi connectivity index (χ3n) is 2.91. The number of amides is 1. The summed E-state index contributed by atoms with van der Waals surface area (Å²) in [5, 5.41) is 10.2. The third-order valence-corrected chi connectivity index (χ3v) is 3.15. The van der Waals surface area contributed by atoms with Crippen LogP contribution >= 0.6 is 11.6 Å². The molecule has 2 N–H and O–H groups in total. The maximum absolute atomic E-state index is 11.8. The topological polar surface area (TPSA) is 67.0 Å². The van der Waals surface area contributed by atoms with Gasteiger partial charge < -0.3 is 10.1 Å². The Hall–Kier alpha value is -2.01. The lowest BCUT2D eigenvalue weighted by Gasteiger charge is -2.08. The lowest BCUT2D eigenvalue weighted by atomic mass is 10.2. The van der Waals surface area contributed by atoms with Crippen LogP contribution in [0.25, 0.3) is 0 Å². The van der Waals surface area contributed by atoms with E-state index < -0.39 is 0 Å². The molecule has 1 aromatic carbocycles. The Morgan fingerprint density at radius 2 is 2.24 bits per heavy atom. The van der Waals surface area contributed by atoms with E-state index in [1.54, 1.807) is 18.2 Å². The van der Waals surface area contributed by atoms with Gasteiger partial charge in [0.25, 0.3) is 5.91 Å². The SMILES string of the molecule is CCCc1cc(NC(=O)COc2ccc(Cl)cc2C)n[nH]1. The molecular weight excluding hydrogens is 290 g/mol. The van der Waals surface area contributed by atoms with Crippen LogP contribution in [0, 0.1) is 6.92 Å². The van der Waals surface area contributed by atoms with Crippen LogP contribution < -0.4 is 10.1 Å². The smallest absolute Gasteiger partial charge is 0.263 e. The molecule has 5 nitrogen and oxygen atoms in total. The fourth-order valence-electron chi connectivity index (χ4n) is 1.92. The van der Waals surface area contributed by atoms with Crippen LogP contribution in [-0.2, 0) is 11.2 Å². The summed E-state index contributed by atoms with van der Waals surface area (Å²) in [7, 11) is 0. The number of hydrogen-bond donors (Lipinski definition) is 2. The van der Waals surface area contributed by atoms with Gasteiger partial charge in [0.15, 0.2) is 12.4 Å². The van der Waals surface area contributed by atoms with E-state index in [-0.39, 0.29) is 12.5 Å². The summed E-state index contributed by atoms with van der Waals surface area (Å²) in [5.41, 5.74) is 1.89. The summed E-state index contributed by atoms with van der Waals surface area (Å²) < 4.78 is 5.47. The standard InChI is InChI=1S/C15H18ClN3O2/c1-3-4-12-8-14(19-18-12)17-15(20)9-21-13-6-5-11(16)7-10(13)2/h5-8H,3-4,9H2,1-2H3,(H2,17,18,19,20). The normalized spacial score (nSPS) is 10.4. The number of aromatic nitrogens is 2. The second kappa shape index (κ2) is 7.13. The first kappa shape index (κ1) is 15.4. The molecule has 112 valence electrons. The van der Waals surface area contributed by atoms with Gasteiger partial charge in [-0.1, -0.05) is 24.9 Å². The molecule has 0 atom stereocenters. The molecule has 0 aliphatic carbocycles. The van der Waals surface area contributed by atoms with Crippen LogP contribution in [0.3, 0.4) is 0 Å². The Morgan fingerprint density at radius 3 is 2.95 bits per heavy atom. The zero-order valence-electron chi connectivity index (χ0n) is 12.1. The molecule has 6 heteroatoms. The molecule has 2 aromatic rings. The highest BCUT2D eigenvalue weighted by Gasteiger charge is 2.08. The monoisotopic (exact) mass is 307 g/mol. The molecule has 0 fully saturated rings. The van der Waals surface area contributed by atoms with E-state index in [1.807, 2.05) is 13.0 Å². The predicted octanol–water partition coefficient (Wildman–Crippen LogP) is 3.34. The van der Waals surface area contributed by atoms with E-state index >= 15 is 0 Å². The Kier molecular flexibility index (Phi) is 5.22. The second-order valence-corrected chi connectivity index (χ2v) is 5.21. The average Bonchev–Trinajstić information content (AvgIpc) is 2.85.